The number of rotatable bonds is 7. The van der Waals surface area contributed by atoms with Crippen LogP contribution in [0.25, 0.3) is 0 Å². The lowest BCUT2D eigenvalue weighted by molar-refractivity contribution is -0.102. The zero-order valence-corrected chi connectivity index (χ0v) is 23.0. The zero-order valence-electron chi connectivity index (χ0n) is 22.2. The molecule has 9 heteroatoms. The van der Waals surface area contributed by atoms with E-state index < -0.39 is 29.4 Å². The van der Waals surface area contributed by atoms with Crippen LogP contribution in [-0.2, 0) is 12.0 Å². The van der Waals surface area contributed by atoms with Crippen molar-refractivity contribution in [1.82, 2.24) is 5.32 Å². The number of nitrogens with one attached hydrogen (secondary N) is 1. The standard InChI is InChI=1S/C29H33ClF2N2O4/c1-27(2,3)11-10-17-6-7-19(12-23(17)30)28(4)22(18-14-29(31,32)15-18)16-34(26(37)33-28)20-8-9-21(25(35)36)24(13-20)38-5/h6-9,12-13,16,18H,10-11,14-15H2,1-5H3,(H,33,37)(H,35,36)/t28-/m0/s1. The molecule has 1 atom stereocenters. The van der Waals surface area contributed by atoms with Gasteiger partial charge in [-0.1, -0.05) is 44.5 Å². The van der Waals surface area contributed by atoms with E-state index in [-0.39, 0.29) is 29.6 Å². The molecule has 4 rings (SSSR count). The fourth-order valence-corrected chi connectivity index (χ4v) is 5.35. The van der Waals surface area contributed by atoms with Crippen LogP contribution in [0.2, 0.25) is 5.02 Å². The van der Waals surface area contributed by atoms with Crippen molar-refractivity contribution in [2.45, 2.75) is 64.8 Å². The Morgan fingerprint density at radius 1 is 1.21 bits per heavy atom. The van der Waals surface area contributed by atoms with Gasteiger partial charge in [0.15, 0.2) is 0 Å². The number of carbonyl (C=O) groups is 2. The minimum Gasteiger partial charge on any atom is -0.496 e. The van der Waals surface area contributed by atoms with Crippen molar-refractivity contribution in [3.05, 3.63) is 69.9 Å². The van der Waals surface area contributed by atoms with E-state index in [9.17, 15) is 23.5 Å². The highest BCUT2D eigenvalue weighted by atomic mass is 35.5. The molecule has 1 fully saturated rings. The maximum atomic E-state index is 14.0. The topological polar surface area (TPSA) is 78.9 Å². The number of halogens is 3. The maximum absolute atomic E-state index is 14.0. The summed E-state index contributed by atoms with van der Waals surface area (Å²) in [5.74, 6) is -4.31. The molecule has 38 heavy (non-hydrogen) atoms. The van der Waals surface area contributed by atoms with Crippen molar-refractivity contribution in [3.63, 3.8) is 0 Å². The van der Waals surface area contributed by atoms with Crippen molar-refractivity contribution in [2.75, 3.05) is 12.0 Å². The first-order valence-electron chi connectivity index (χ1n) is 12.6. The van der Waals surface area contributed by atoms with Gasteiger partial charge in [0.1, 0.15) is 11.3 Å². The van der Waals surface area contributed by atoms with Crippen LogP contribution < -0.4 is 15.0 Å². The van der Waals surface area contributed by atoms with E-state index >= 15 is 0 Å². The molecule has 204 valence electrons. The van der Waals surface area contributed by atoms with Crippen LogP contribution in [0.3, 0.4) is 0 Å². The molecule has 0 bridgehead atoms. The van der Waals surface area contributed by atoms with Gasteiger partial charge >= 0.3 is 12.0 Å². The number of urea groups is 1. The predicted octanol–water partition coefficient (Wildman–Crippen LogP) is 7.40. The molecule has 0 spiro atoms. The number of hydrogen-bond acceptors (Lipinski definition) is 3. The number of amides is 2. The molecule has 0 saturated heterocycles. The number of nitrogens with zero attached hydrogens (tertiary/aromatic N) is 1. The van der Waals surface area contributed by atoms with Crippen LogP contribution in [-0.4, -0.2) is 30.1 Å². The van der Waals surface area contributed by atoms with Crippen LogP contribution in [0.5, 0.6) is 5.75 Å². The second kappa shape index (κ2) is 9.88. The highest BCUT2D eigenvalue weighted by Crippen LogP contribution is 2.52. The molecule has 0 radical (unpaired) electrons. The van der Waals surface area contributed by atoms with Crippen molar-refractivity contribution < 1.29 is 28.2 Å². The van der Waals surface area contributed by atoms with Crippen molar-refractivity contribution >= 4 is 29.3 Å². The Morgan fingerprint density at radius 3 is 2.45 bits per heavy atom. The maximum Gasteiger partial charge on any atom is 0.339 e. The first-order valence-corrected chi connectivity index (χ1v) is 12.9. The number of carbonyl (C=O) groups excluding carboxylic acids is 1. The van der Waals surface area contributed by atoms with Gasteiger partial charge in [0, 0.05) is 30.1 Å². The normalized spacial score (nSPS) is 21.4. The van der Waals surface area contributed by atoms with Gasteiger partial charge < -0.3 is 15.2 Å². The lowest BCUT2D eigenvalue weighted by Crippen LogP contribution is -2.57. The fraction of sp³-hybridized carbons (Fsp3) is 0.448. The molecule has 2 aromatic rings. The van der Waals surface area contributed by atoms with E-state index in [1.807, 2.05) is 18.2 Å². The molecule has 2 aromatic carbocycles. The average molecular weight is 547 g/mol. The van der Waals surface area contributed by atoms with E-state index in [0.717, 1.165) is 18.4 Å². The molecule has 1 heterocycles. The van der Waals surface area contributed by atoms with Crippen LogP contribution in [0.15, 0.2) is 48.2 Å². The van der Waals surface area contributed by atoms with Gasteiger partial charge in [0.2, 0.25) is 5.92 Å². The molecule has 1 aliphatic carbocycles. The highest BCUT2D eigenvalue weighted by molar-refractivity contribution is 6.31. The summed E-state index contributed by atoms with van der Waals surface area (Å²) < 4.78 is 33.2. The van der Waals surface area contributed by atoms with E-state index in [4.69, 9.17) is 16.3 Å². The largest absolute Gasteiger partial charge is 0.496 e. The third kappa shape index (κ3) is 5.51. The predicted molar refractivity (Wildman–Crippen MR) is 143 cm³/mol. The van der Waals surface area contributed by atoms with Crippen LogP contribution in [0.4, 0.5) is 19.3 Å². The van der Waals surface area contributed by atoms with Crippen LogP contribution in [0.1, 0.15) is 68.4 Å². The average Bonchev–Trinajstić information content (AvgIpc) is 2.80. The van der Waals surface area contributed by atoms with Crippen molar-refractivity contribution in [3.8, 4) is 5.75 Å². The Hall–Kier alpha value is -3.13. The molecule has 1 aliphatic heterocycles. The van der Waals surface area contributed by atoms with Crippen LogP contribution >= 0.6 is 11.6 Å². The smallest absolute Gasteiger partial charge is 0.339 e. The summed E-state index contributed by atoms with van der Waals surface area (Å²) >= 11 is 6.67. The number of carboxylic acid groups (broad SMARTS) is 1. The Kier molecular flexibility index (Phi) is 7.25. The Balaban J connectivity index is 1.75. The molecule has 2 amide bonds. The van der Waals surface area contributed by atoms with E-state index in [1.165, 1.54) is 30.2 Å². The summed E-state index contributed by atoms with van der Waals surface area (Å²) in [5, 5.41) is 13.0. The minimum absolute atomic E-state index is 0.0532. The zero-order chi connectivity index (χ0) is 28.0. The second-order valence-corrected chi connectivity index (χ2v) is 11.9. The second-order valence-electron chi connectivity index (χ2n) is 11.5. The molecule has 2 N–H and O–H groups in total. The molecule has 1 saturated carbocycles. The molecular formula is C29H33ClF2N2O4. The first kappa shape index (κ1) is 27.9. The number of aryl methyl sites for hydroxylation is 1. The van der Waals surface area contributed by atoms with Gasteiger partial charge in [-0.15, -0.1) is 0 Å². The van der Waals surface area contributed by atoms with Crippen LogP contribution in [0, 0.1) is 11.3 Å². The summed E-state index contributed by atoms with van der Waals surface area (Å²) in [6.07, 6.45) is 2.69. The SMILES string of the molecule is COc1cc(N2C=C(C3CC(F)(F)C3)[C@](C)(c3ccc(CCC(C)(C)C)c(Cl)c3)NC2=O)ccc1C(=O)O. The van der Waals surface area contributed by atoms with Gasteiger partial charge in [-0.25, -0.2) is 18.4 Å². The summed E-state index contributed by atoms with van der Waals surface area (Å²) in [5.41, 5.74) is 1.70. The molecule has 2 aliphatic rings. The van der Waals surface area contributed by atoms with E-state index in [0.29, 0.717) is 21.8 Å². The number of carboxylic acids is 1. The number of aromatic carboxylic acids is 1. The van der Waals surface area contributed by atoms with Crippen molar-refractivity contribution in [1.29, 1.82) is 0 Å². The number of hydrogen-bond donors (Lipinski definition) is 2. The van der Waals surface area contributed by atoms with Gasteiger partial charge in [-0.3, -0.25) is 4.90 Å². The lowest BCUT2D eigenvalue weighted by atomic mass is 9.67. The summed E-state index contributed by atoms with van der Waals surface area (Å²) in [7, 11) is 1.34. The monoisotopic (exact) mass is 546 g/mol. The summed E-state index contributed by atoms with van der Waals surface area (Å²) in [6.45, 7) is 8.29. The molecule has 0 unspecified atom stereocenters. The van der Waals surface area contributed by atoms with Gasteiger partial charge in [0.05, 0.1) is 18.3 Å². The highest BCUT2D eigenvalue weighted by Gasteiger charge is 2.52. The number of alkyl halides is 2. The summed E-state index contributed by atoms with van der Waals surface area (Å²) in [6, 6.07) is 9.43. The number of ether oxygens (including phenoxy) is 1. The third-order valence-corrected chi connectivity index (χ3v) is 7.77. The number of benzene rings is 2. The van der Waals surface area contributed by atoms with E-state index in [1.54, 1.807) is 13.1 Å². The quantitative estimate of drug-likeness (QED) is 0.379. The molecular weight excluding hydrogens is 514 g/mol. The Labute approximate surface area is 226 Å². The first-order chi connectivity index (χ1) is 17.6. The Morgan fingerprint density at radius 2 is 1.89 bits per heavy atom. The Bertz CT molecular complexity index is 1300. The van der Waals surface area contributed by atoms with E-state index in [2.05, 4.69) is 26.1 Å². The summed E-state index contributed by atoms with van der Waals surface area (Å²) in [4.78, 5) is 26.2. The molecule has 0 aromatic heterocycles. The van der Waals surface area contributed by atoms with Gasteiger partial charge in [0.25, 0.3) is 0 Å². The number of anilines is 1. The van der Waals surface area contributed by atoms with Crippen molar-refractivity contribution in [2.24, 2.45) is 11.3 Å². The van der Waals surface area contributed by atoms with Gasteiger partial charge in [-0.2, -0.15) is 0 Å². The minimum atomic E-state index is -2.76. The molecule has 6 nitrogen and oxygen atoms in total. The van der Waals surface area contributed by atoms with Gasteiger partial charge in [-0.05, 0) is 66.0 Å². The lowest BCUT2D eigenvalue weighted by Gasteiger charge is -2.47. The fourth-order valence-electron chi connectivity index (χ4n) is 5.08. The number of methoxy groups -OCH3 is 1. The third-order valence-electron chi connectivity index (χ3n) is 7.42.